The highest BCUT2D eigenvalue weighted by atomic mass is 32.2. The molecule has 0 saturated carbocycles. The van der Waals surface area contributed by atoms with E-state index >= 15 is 0 Å². The first-order chi connectivity index (χ1) is 13.8. The average Bonchev–Trinajstić information content (AvgIpc) is 3.38. The van der Waals surface area contributed by atoms with E-state index in [2.05, 4.69) is 27.2 Å². The molecule has 0 spiro atoms. The second-order valence-electron chi connectivity index (χ2n) is 6.73. The minimum absolute atomic E-state index is 0.433. The number of ether oxygens (including phenoxy) is 1. The number of benzene rings is 1. The number of thioether (sulfide) groups is 1. The number of aliphatic hydroxyl groups excluding tert-OH is 1. The zero-order valence-corrected chi connectivity index (χ0v) is 16.4. The molecule has 0 amide bonds. The molecule has 1 N–H and O–H groups in total. The molecule has 2 aromatic heterocycles. The number of β-amino-alcohol motifs (C(OH)–C–C–N with tert-alkyl or cyclic N) is 1. The number of rotatable bonds is 8. The fraction of sp³-hybridized carbons (Fsp3) is 0.400. The van der Waals surface area contributed by atoms with Gasteiger partial charge in [-0.1, -0.05) is 42.1 Å². The maximum Gasteiger partial charge on any atom is 0.200 e. The third kappa shape index (κ3) is 4.82. The molecule has 1 atom stereocenters. The predicted molar refractivity (Wildman–Crippen MR) is 107 cm³/mol. The Morgan fingerprint density at radius 1 is 1.07 bits per heavy atom. The van der Waals surface area contributed by atoms with E-state index < -0.39 is 6.10 Å². The highest BCUT2D eigenvalue weighted by molar-refractivity contribution is 7.99. The van der Waals surface area contributed by atoms with Crippen molar-refractivity contribution >= 4 is 11.8 Å². The second-order valence-corrected chi connectivity index (χ2v) is 7.72. The van der Waals surface area contributed by atoms with Gasteiger partial charge < -0.3 is 14.3 Å². The van der Waals surface area contributed by atoms with Crippen LogP contribution in [0.1, 0.15) is 5.56 Å². The standard InChI is InChI=1S/C20H24N4O3S/c25-17(14-23-8-11-26-12-9-23)15-28-20-22-21-19(18-7-4-10-27-18)24(20)13-16-5-2-1-3-6-16/h1-7,10,17,25H,8-9,11-15H2/t17-/m1/s1. The minimum atomic E-state index is -0.433. The average molecular weight is 401 g/mol. The van der Waals surface area contributed by atoms with Crippen LogP contribution < -0.4 is 0 Å². The molecule has 1 aliphatic rings. The molecule has 0 radical (unpaired) electrons. The lowest BCUT2D eigenvalue weighted by molar-refractivity contribution is 0.0188. The van der Waals surface area contributed by atoms with Gasteiger partial charge >= 0.3 is 0 Å². The Labute approximate surface area is 168 Å². The van der Waals surface area contributed by atoms with Crippen molar-refractivity contribution in [3.05, 3.63) is 54.3 Å². The Balaban J connectivity index is 1.46. The maximum absolute atomic E-state index is 10.5. The molecule has 8 heteroatoms. The van der Waals surface area contributed by atoms with E-state index in [0.29, 0.717) is 30.4 Å². The van der Waals surface area contributed by atoms with E-state index in [1.165, 1.54) is 11.8 Å². The first-order valence-corrected chi connectivity index (χ1v) is 10.4. The summed E-state index contributed by atoms with van der Waals surface area (Å²) < 4.78 is 12.9. The fourth-order valence-electron chi connectivity index (χ4n) is 3.20. The summed E-state index contributed by atoms with van der Waals surface area (Å²) in [6, 6.07) is 13.9. The van der Waals surface area contributed by atoms with Crippen molar-refractivity contribution in [2.24, 2.45) is 0 Å². The van der Waals surface area contributed by atoms with E-state index in [1.807, 2.05) is 34.9 Å². The minimum Gasteiger partial charge on any atom is -0.461 e. The van der Waals surface area contributed by atoms with Gasteiger partial charge in [-0.15, -0.1) is 10.2 Å². The lowest BCUT2D eigenvalue weighted by atomic mass is 10.2. The predicted octanol–water partition coefficient (Wildman–Crippen LogP) is 2.37. The van der Waals surface area contributed by atoms with Crippen LogP contribution in [-0.4, -0.2) is 69.5 Å². The summed E-state index contributed by atoms with van der Waals surface area (Å²) in [7, 11) is 0. The lowest BCUT2D eigenvalue weighted by Gasteiger charge is -2.28. The first kappa shape index (κ1) is 19.2. The van der Waals surface area contributed by atoms with Crippen molar-refractivity contribution < 1.29 is 14.3 Å². The summed E-state index contributed by atoms with van der Waals surface area (Å²) in [6.07, 6.45) is 1.20. The Hall–Kier alpha value is -2.13. The van der Waals surface area contributed by atoms with Gasteiger partial charge in [-0.25, -0.2) is 0 Å². The second kappa shape index (κ2) is 9.38. The number of aliphatic hydroxyl groups is 1. The van der Waals surface area contributed by atoms with E-state index in [4.69, 9.17) is 9.15 Å². The molecule has 1 saturated heterocycles. The van der Waals surface area contributed by atoms with E-state index in [1.54, 1.807) is 6.26 Å². The van der Waals surface area contributed by atoms with E-state index in [9.17, 15) is 5.11 Å². The van der Waals surface area contributed by atoms with Crippen LogP contribution in [0, 0.1) is 0 Å². The summed E-state index contributed by atoms with van der Waals surface area (Å²) in [6.45, 7) is 4.50. The third-order valence-corrected chi connectivity index (χ3v) is 5.73. The van der Waals surface area contributed by atoms with Crippen molar-refractivity contribution in [3.63, 3.8) is 0 Å². The summed E-state index contributed by atoms with van der Waals surface area (Å²) in [4.78, 5) is 2.23. The van der Waals surface area contributed by atoms with Crippen LogP contribution in [0.25, 0.3) is 11.6 Å². The number of nitrogens with zero attached hydrogens (tertiary/aromatic N) is 4. The molecule has 148 valence electrons. The van der Waals surface area contributed by atoms with Gasteiger partial charge in [-0.2, -0.15) is 0 Å². The molecule has 3 heterocycles. The molecule has 4 rings (SSSR count). The van der Waals surface area contributed by atoms with E-state index in [0.717, 1.165) is 37.0 Å². The molecule has 0 aliphatic carbocycles. The van der Waals surface area contributed by atoms with Gasteiger partial charge in [0.2, 0.25) is 5.82 Å². The molecular formula is C20H24N4O3S. The highest BCUT2D eigenvalue weighted by Gasteiger charge is 2.19. The van der Waals surface area contributed by atoms with Gasteiger partial charge in [-0.3, -0.25) is 9.47 Å². The molecule has 28 heavy (non-hydrogen) atoms. The summed E-state index contributed by atoms with van der Waals surface area (Å²) in [5.74, 6) is 1.94. The number of hydrogen-bond acceptors (Lipinski definition) is 7. The van der Waals surface area contributed by atoms with Crippen LogP contribution in [0.5, 0.6) is 0 Å². The summed E-state index contributed by atoms with van der Waals surface area (Å²) >= 11 is 1.52. The van der Waals surface area contributed by atoms with Gasteiger partial charge in [0.1, 0.15) is 0 Å². The molecular weight excluding hydrogens is 376 g/mol. The van der Waals surface area contributed by atoms with Crippen molar-refractivity contribution in [2.75, 3.05) is 38.6 Å². The Kier molecular flexibility index (Phi) is 6.43. The third-order valence-electron chi connectivity index (χ3n) is 4.62. The van der Waals surface area contributed by atoms with Crippen LogP contribution >= 0.6 is 11.8 Å². The number of aromatic nitrogens is 3. The van der Waals surface area contributed by atoms with Crippen LogP contribution in [-0.2, 0) is 11.3 Å². The zero-order valence-electron chi connectivity index (χ0n) is 15.6. The molecule has 7 nitrogen and oxygen atoms in total. The van der Waals surface area contributed by atoms with Gasteiger partial charge in [0.15, 0.2) is 10.9 Å². The van der Waals surface area contributed by atoms with E-state index in [-0.39, 0.29) is 0 Å². The van der Waals surface area contributed by atoms with Crippen LogP contribution in [0.15, 0.2) is 58.3 Å². The number of furan rings is 1. The topological polar surface area (TPSA) is 76.6 Å². The SMILES string of the molecule is O[C@@H](CSc1nnc(-c2ccco2)n1Cc1ccccc1)CN1CCOCC1. The maximum atomic E-state index is 10.5. The van der Waals surface area contributed by atoms with Crippen molar-refractivity contribution in [1.29, 1.82) is 0 Å². The molecule has 1 aliphatic heterocycles. The largest absolute Gasteiger partial charge is 0.461 e. The van der Waals surface area contributed by atoms with Crippen LogP contribution in [0.4, 0.5) is 0 Å². The molecule has 0 unspecified atom stereocenters. The monoisotopic (exact) mass is 400 g/mol. The van der Waals surface area contributed by atoms with Crippen molar-refractivity contribution in [3.8, 4) is 11.6 Å². The molecule has 3 aromatic rings. The lowest BCUT2D eigenvalue weighted by Crippen LogP contribution is -2.41. The number of hydrogen-bond donors (Lipinski definition) is 1. The van der Waals surface area contributed by atoms with Crippen LogP contribution in [0.2, 0.25) is 0 Å². The van der Waals surface area contributed by atoms with Crippen molar-refractivity contribution in [2.45, 2.75) is 17.8 Å². The quantitative estimate of drug-likeness (QED) is 0.582. The Morgan fingerprint density at radius 3 is 2.64 bits per heavy atom. The molecule has 1 aromatic carbocycles. The Morgan fingerprint density at radius 2 is 1.89 bits per heavy atom. The molecule has 1 fully saturated rings. The normalized spacial score (nSPS) is 16.3. The highest BCUT2D eigenvalue weighted by Crippen LogP contribution is 2.26. The van der Waals surface area contributed by atoms with Gasteiger partial charge in [0.05, 0.1) is 32.1 Å². The summed E-state index contributed by atoms with van der Waals surface area (Å²) in [5.41, 5.74) is 1.16. The smallest absolute Gasteiger partial charge is 0.200 e. The zero-order chi connectivity index (χ0) is 19.2. The first-order valence-electron chi connectivity index (χ1n) is 9.41. The fourth-order valence-corrected chi connectivity index (χ4v) is 4.05. The van der Waals surface area contributed by atoms with Gasteiger partial charge in [-0.05, 0) is 17.7 Å². The van der Waals surface area contributed by atoms with Crippen LogP contribution in [0.3, 0.4) is 0 Å². The van der Waals surface area contributed by atoms with Gasteiger partial charge in [0.25, 0.3) is 0 Å². The van der Waals surface area contributed by atoms with Crippen molar-refractivity contribution in [1.82, 2.24) is 19.7 Å². The Bertz CT molecular complexity index is 848. The molecule has 0 bridgehead atoms. The number of morpholine rings is 1. The van der Waals surface area contributed by atoms with Gasteiger partial charge in [0, 0.05) is 25.4 Å². The summed E-state index contributed by atoms with van der Waals surface area (Å²) in [5, 5.41) is 19.9.